The molecule has 2 atom stereocenters. The summed E-state index contributed by atoms with van der Waals surface area (Å²) in [6.07, 6.45) is 1.87. The lowest BCUT2D eigenvalue weighted by Gasteiger charge is -2.21. The van der Waals surface area contributed by atoms with Gasteiger partial charge in [0, 0.05) is 11.2 Å². The zero-order valence-electron chi connectivity index (χ0n) is 5.99. The van der Waals surface area contributed by atoms with Crippen molar-refractivity contribution in [3.8, 4) is 0 Å². The van der Waals surface area contributed by atoms with Crippen LogP contribution in [-0.4, -0.2) is 14.2 Å². The Bertz CT molecular complexity index is 218. The van der Waals surface area contributed by atoms with Gasteiger partial charge >= 0.3 is 0 Å². The summed E-state index contributed by atoms with van der Waals surface area (Å²) in [6, 6.07) is 0. The SMILES string of the molecule is CC1(C)C=CS(=O)S(=O)C1. The van der Waals surface area contributed by atoms with Crippen molar-refractivity contribution < 1.29 is 8.42 Å². The molecule has 0 amide bonds. The van der Waals surface area contributed by atoms with Crippen LogP contribution in [0.2, 0.25) is 0 Å². The Morgan fingerprint density at radius 3 is 2.40 bits per heavy atom. The van der Waals surface area contributed by atoms with Crippen molar-refractivity contribution in [1.82, 2.24) is 0 Å². The highest BCUT2D eigenvalue weighted by atomic mass is 33.1. The first-order valence-electron chi connectivity index (χ1n) is 3.00. The molecular weight excluding hydrogens is 168 g/mol. The minimum Gasteiger partial charge on any atom is -0.245 e. The van der Waals surface area contributed by atoms with Gasteiger partial charge in [0.2, 0.25) is 0 Å². The van der Waals surface area contributed by atoms with Crippen LogP contribution in [0.5, 0.6) is 0 Å². The normalized spacial score (nSPS) is 37.8. The summed E-state index contributed by atoms with van der Waals surface area (Å²) in [5, 5.41) is 1.53. The van der Waals surface area contributed by atoms with Crippen LogP contribution in [0.25, 0.3) is 0 Å². The third-order valence-electron chi connectivity index (χ3n) is 1.30. The van der Waals surface area contributed by atoms with Crippen LogP contribution in [0.4, 0.5) is 0 Å². The highest BCUT2D eigenvalue weighted by molar-refractivity contribution is 8.62. The topological polar surface area (TPSA) is 34.1 Å². The third-order valence-corrected chi connectivity index (χ3v) is 4.79. The predicted molar refractivity (Wildman–Crippen MR) is 44.1 cm³/mol. The van der Waals surface area contributed by atoms with E-state index in [1.165, 1.54) is 5.41 Å². The molecule has 1 aliphatic heterocycles. The molecule has 0 aromatic carbocycles. The molecule has 2 unspecified atom stereocenters. The van der Waals surface area contributed by atoms with Crippen LogP contribution in [0, 0.1) is 5.41 Å². The maximum Gasteiger partial charge on any atom is 0.135 e. The quantitative estimate of drug-likeness (QED) is 0.518. The minimum atomic E-state index is -1.24. The molecular formula is C6H10O2S2. The summed E-state index contributed by atoms with van der Waals surface area (Å²) >= 11 is 0. The second-order valence-electron chi connectivity index (χ2n) is 3.00. The second kappa shape index (κ2) is 2.58. The minimum absolute atomic E-state index is 0.0429. The zero-order chi connectivity index (χ0) is 7.78. The molecule has 2 nitrogen and oxygen atoms in total. The van der Waals surface area contributed by atoms with E-state index in [1.54, 1.807) is 0 Å². The van der Waals surface area contributed by atoms with E-state index in [9.17, 15) is 8.42 Å². The van der Waals surface area contributed by atoms with Gasteiger partial charge in [-0.05, 0) is 5.41 Å². The fourth-order valence-corrected chi connectivity index (χ4v) is 3.93. The lowest BCUT2D eigenvalue weighted by molar-refractivity contribution is 0.546. The van der Waals surface area contributed by atoms with E-state index < -0.39 is 19.7 Å². The maximum atomic E-state index is 11.0. The molecule has 0 bridgehead atoms. The van der Waals surface area contributed by atoms with Gasteiger partial charge in [-0.25, -0.2) is 8.42 Å². The zero-order valence-corrected chi connectivity index (χ0v) is 7.63. The average molecular weight is 178 g/mol. The van der Waals surface area contributed by atoms with Gasteiger partial charge in [0.05, 0.1) is 0 Å². The molecule has 0 radical (unpaired) electrons. The van der Waals surface area contributed by atoms with Gasteiger partial charge in [0.1, 0.15) is 19.7 Å². The fourth-order valence-electron chi connectivity index (χ4n) is 0.712. The standard InChI is InChI=1S/C6H10O2S2/c1-6(2)3-4-9(7)10(8)5-6/h3-4H,5H2,1-2H3. The molecule has 0 aliphatic carbocycles. The highest BCUT2D eigenvalue weighted by Gasteiger charge is 2.24. The molecule has 10 heavy (non-hydrogen) atoms. The van der Waals surface area contributed by atoms with Gasteiger partial charge in [0.25, 0.3) is 0 Å². The van der Waals surface area contributed by atoms with E-state index in [1.807, 2.05) is 19.9 Å². The lowest BCUT2D eigenvalue weighted by Crippen LogP contribution is -2.23. The summed E-state index contributed by atoms with van der Waals surface area (Å²) < 4.78 is 21.8. The summed E-state index contributed by atoms with van der Waals surface area (Å²) in [6.45, 7) is 3.97. The summed E-state index contributed by atoms with van der Waals surface area (Å²) in [7, 11) is -2.41. The van der Waals surface area contributed by atoms with Crippen LogP contribution in [0.3, 0.4) is 0 Å². The van der Waals surface area contributed by atoms with Crippen molar-refractivity contribution in [2.45, 2.75) is 13.8 Å². The Balaban J connectivity index is 2.89. The first-order chi connectivity index (χ1) is 4.51. The molecule has 1 rings (SSSR count). The Hall–Kier alpha value is 0.0400. The van der Waals surface area contributed by atoms with E-state index in [0.717, 1.165) is 0 Å². The van der Waals surface area contributed by atoms with Gasteiger partial charge in [0.15, 0.2) is 0 Å². The van der Waals surface area contributed by atoms with Crippen LogP contribution in [0.1, 0.15) is 13.8 Å². The summed E-state index contributed by atoms with van der Waals surface area (Å²) in [5.74, 6) is 0.510. The van der Waals surface area contributed by atoms with Crippen molar-refractivity contribution in [3.05, 3.63) is 11.5 Å². The van der Waals surface area contributed by atoms with E-state index in [2.05, 4.69) is 0 Å². The van der Waals surface area contributed by atoms with Gasteiger partial charge in [-0.1, -0.05) is 19.9 Å². The molecule has 0 fully saturated rings. The largest absolute Gasteiger partial charge is 0.245 e. The van der Waals surface area contributed by atoms with E-state index >= 15 is 0 Å². The molecule has 0 saturated heterocycles. The van der Waals surface area contributed by atoms with Crippen LogP contribution in [0.15, 0.2) is 11.5 Å². The van der Waals surface area contributed by atoms with Crippen LogP contribution in [-0.2, 0) is 19.7 Å². The first-order valence-corrected chi connectivity index (χ1v) is 6.05. The molecule has 0 saturated carbocycles. The van der Waals surface area contributed by atoms with Crippen LogP contribution < -0.4 is 0 Å². The molecule has 1 aliphatic rings. The second-order valence-corrected chi connectivity index (χ2v) is 6.79. The molecule has 0 spiro atoms. The molecule has 0 aromatic rings. The molecule has 0 N–H and O–H groups in total. The number of rotatable bonds is 0. The summed E-state index contributed by atoms with van der Waals surface area (Å²) in [4.78, 5) is 0. The molecule has 4 heteroatoms. The van der Waals surface area contributed by atoms with Crippen molar-refractivity contribution in [1.29, 1.82) is 0 Å². The smallest absolute Gasteiger partial charge is 0.135 e. The Labute approximate surface area is 65.0 Å². The highest BCUT2D eigenvalue weighted by Crippen LogP contribution is 2.24. The Morgan fingerprint density at radius 1 is 1.40 bits per heavy atom. The number of allylic oxidation sites excluding steroid dienone is 1. The lowest BCUT2D eigenvalue weighted by atomic mass is 9.97. The van der Waals surface area contributed by atoms with Crippen LogP contribution >= 0.6 is 0 Å². The van der Waals surface area contributed by atoms with E-state index in [4.69, 9.17) is 0 Å². The molecule has 1 heterocycles. The van der Waals surface area contributed by atoms with Gasteiger partial charge < -0.3 is 0 Å². The van der Waals surface area contributed by atoms with Crippen molar-refractivity contribution in [3.63, 3.8) is 0 Å². The van der Waals surface area contributed by atoms with Gasteiger partial charge in [-0.2, -0.15) is 0 Å². The summed E-state index contributed by atoms with van der Waals surface area (Å²) in [5.41, 5.74) is -0.0429. The van der Waals surface area contributed by atoms with E-state index in [-0.39, 0.29) is 5.41 Å². The van der Waals surface area contributed by atoms with E-state index in [0.29, 0.717) is 5.75 Å². The maximum absolute atomic E-state index is 11.0. The van der Waals surface area contributed by atoms with Gasteiger partial charge in [-0.15, -0.1) is 0 Å². The monoisotopic (exact) mass is 178 g/mol. The number of hydrogen-bond donors (Lipinski definition) is 0. The first kappa shape index (κ1) is 8.14. The third kappa shape index (κ3) is 1.76. The Kier molecular flexibility index (Phi) is 2.10. The number of hydrogen-bond acceptors (Lipinski definition) is 2. The Morgan fingerprint density at radius 2 is 2.00 bits per heavy atom. The predicted octanol–water partition coefficient (Wildman–Crippen LogP) is 0.952. The molecule has 58 valence electrons. The van der Waals surface area contributed by atoms with Gasteiger partial charge in [-0.3, -0.25) is 0 Å². The van der Waals surface area contributed by atoms with Crippen molar-refractivity contribution in [2.75, 3.05) is 5.75 Å². The van der Waals surface area contributed by atoms with Crippen molar-refractivity contribution in [2.24, 2.45) is 5.41 Å². The average Bonchev–Trinajstić information content (AvgIpc) is 1.79. The fraction of sp³-hybridized carbons (Fsp3) is 0.667. The van der Waals surface area contributed by atoms with Crippen molar-refractivity contribution >= 4 is 19.7 Å². The molecule has 0 aromatic heterocycles.